The maximum Gasteiger partial charge on any atom is 0.338 e. The van der Waals surface area contributed by atoms with Gasteiger partial charge in [0, 0.05) is 18.8 Å². The van der Waals surface area contributed by atoms with Gasteiger partial charge in [0.1, 0.15) is 0 Å². The fourth-order valence-corrected chi connectivity index (χ4v) is 2.47. The fourth-order valence-electron chi connectivity index (χ4n) is 2.47. The van der Waals surface area contributed by atoms with Crippen molar-refractivity contribution < 1.29 is 28.3 Å². The van der Waals surface area contributed by atoms with E-state index in [0.717, 1.165) is 4.90 Å². The molecule has 9 nitrogen and oxygen atoms in total. The van der Waals surface area contributed by atoms with Crippen LogP contribution in [0.25, 0.3) is 0 Å². The van der Waals surface area contributed by atoms with Gasteiger partial charge in [-0.1, -0.05) is 0 Å². The van der Waals surface area contributed by atoms with Crippen LogP contribution in [0.15, 0.2) is 47.1 Å². The number of esters is 1. The van der Waals surface area contributed by atoms with E-state index in [1.165, 1.54) is 43.5 Å². The highest BCUT2D eigenvalue weighted by Gasteiger charge is 2.31. The average molecular weight is 371 g/mol. The summed E-state index contributed by atoms with van der Waals surface area (Å²) in [4.78, 5) is 48.7. The second-order valence-corrected chi connectivity index (χ2v) is 5.78. The summed E-state index contributed by atoms with van der Waals surface area (Å²) < 4.78 is 10.1. The predicted molar refractivity (Wildman–Crippen MR) is 93.1 cm³/mol. The standard InChI is InChI=1S/C18H17N3O6/c1-11(16(23)21-9-8-19-18(21)25)27-17(24)12-4-6-13(7-5-12)20-15(22)14-3-2-10-26-14/h2-7,10-11H,8-9H2,1H3,(H,19,25)(H,20,22)/t11-/m1/s1. The highest BCUT2D eigenvalue weighted by molar-refractivity contribution is 6.02. The van der Waals surface area contributed by atoms with E-state index in [9.17, 15) is 19.2 Å². The highest BCUT2D eigenvalue weighted by atomic mass is 16.5. The van der Waals surface area contributed by atoms with Crippen LogP contribution in [0.4, 0.5) is 10.5 Å². The number of nitrogens with zero attached hydrogens (tertiary/aromatic N) is 1. The minimum Gasteiger partial charge on any atom is -0.459 e. The molecular formula is C18H17N3O6. The molecule has 0 saturated carbocycles. The first-order valence-corrected chi connectivity index (χ1v) is 8.21. The maximum absolute atomic E-state index is 12.2. The van der Waals surface area contributed by atoms with E-state index in [0.29, 0.717) is 12.2 Å². The van der Waals surface area contributed by atoms with Crippen molar-refractivity contribution in [2.45, 2.75) is 13.0 Å². The Hall–Kier alpha value is -3.62. The van der Waals surface area contributed by atoms with Gasteiger partial charge in [0.25, 0.3) is 11.8 Å². The minimum absolute atomic E-state index is 0.164. The molecule has 1 saturated heterocycles. The Kier molecular flexibility index (Phi) is 5.20. The maximum atomic E-state index is 12.2. The molecule has 1 aromatic carbocycles. The zero-order valence-electron chi connectivity index (χ0n) is 14.4. The molecule has 0 spiro atoms. The largest absolute Gasteiger partial charge is 0.459 e. The molecule has 2 heterocycles. The number of hydrogen-bond acceptors (Lipinski definition) is 6. The molecule has 1 fully saturated rings. The van der Waals surface area contributed by atoms with Gasteiger partial charge >= 0.3 is 12.0 Å². The lowest BCUT2D eigenvalue weighted by Gasteiger charge is -2.18. The number of nitrogens with one attached hydrogen (secondary N) is 2. The van der Waals surface area contributed by atoms with Crippen molar-refractivity contribution in [3.8, 4) is 0 Å². The van der Waals surface area contributed by atoms with Gasteiger partial charge in [-0.25, -0.2) is 9.59 Å². The third-order valence-corrected chi connectivity index (χ3v) is 3.88. The Labute approximate surface area is 154 Å². The molecule has 9 heteroatoms. The molecular weight excluding hydrogens is 354 g/mol. The first kappa shape index (κ1) is 18.2. The Balaban J connectivity index is 1.57. The summed E-state index contributed by atoms with van der Waals surface area (Å²) in [5, 5.41) is 5.13. The lowest BCUT2D eigenvalue weighted by Crippen LogP contribution is -2.41. The number of carbonyl (C=O) groups is 4. The van der Waals surface area contributed by atoms with Crippen LogP contribution in [-0.4, -0.2) is 47.9 Å². The molecule has 1 aromatic heterocycles. The molecule has 140 valence electrons. The summed E-state index contributed by atoms with van der Waals surface area (Å²) in [5.74, 6) is -1.55. The molecule has 1 aliphatic heterocycles. The van der Waals surface area contributed by atoms with E-state index in [1.807, 2.05) is 0 Å². The normalized spacial score (nSPS) is 14.4. The molecule has 0 bridgehead atoms. The Bertz CT molecular complexity index is 860. The first-order valence-electron chi connectivity index (χ1n) is 8.21. The zero-order chi connectivity index (χ0) is 19.4. The molecule has 4 amide bonds. The van der Waals surface area contributed by atoms with Gasteiger partial charge in [-0.15, -0.1) is 0 Å². The fraction of sp³-hybridized carbons (Fsp3) is 0.222. The quantitative estimate of drug-likeness (QED) is 0.771. The number of benzene rings is 1. The smallest absolute Gasteiger partial charge is 0.338 e. The molecule has 0 unspecified atom stereocenters. The lowest BCUT2D eigenvalue weighted by molar-refractivity contribution is -0.136. The third-order valence-electron chi connectivity index (χ3n) is 3.88. The van der Waals surface area contributed by atoms with Crippen LogP contribution in [0.1, 0.15) is 27.8 Å². The number of amides is 4. The molecule has 1 aliphatic rings. The lowest BCUT2D eigenvalue weighted by atomic mass is 10.2. The van der Waals surface area contributed by atoms with Crippen LogP contribution >= 0.6 is 0 Å². The van der Waals surface area contributed by atoms with Gasteiger partial charge in [0.15, 0.2) is 11.9 Å². The summed E-state index contributed by atoms with van der Waals surface area (Å²) in [7, 11) is 0. The Morgan fingerprint density at radius 3 is 2.56 bits per heavy atom. The minimum atomic E-state index is -1.10. The Morgan fingerprint density at radius 1 is 1.22 bits per heavy atom. The van der Waals surface area contributed by atoms with Crippen LogP contribution in [0.5, 0.6) is 0 Å². The summed E-state index contributed by atoms with van der Waals surface area (Å²) in [6, 6.07) is 8.59. The monoisotopic (exact) mass is 371 g/mol. The van der Waals surface area contributed by atoms with Gasteiger partial charge < -0.3 is 19.8 Å². The summed E-state index contributed by atoms with van der Waals surface area (Å²) in [5.41, 5.74) is 0.669. The van der Waals surface area contributed by atoms with Crippen LogP contribution in [0.3, 0.4) is 0 Å². The van der Waals surface area contributed by atoms with Crippen molar-refractivity contribution in [3.63, 3.8) is 0 Å². The van der Waals surface area contributed by atoms with E-state index in [1.54, 1.807) is 6.07 Å². The molecule has 3 rings (SSSR count). The number of anilines is 1. The van der Waals surface area contributed by atoms with Gasteiger partial charge in [-0.3, -0.25) is 14.5 Å². The van der Waals surface area contributed by atoms with Crippen molar-refractivity contribution in [1.29, 1.82) is 0 Å². The average Bonchev–Trinajstić information content (AvgIpc) is 3.33. The van der Waals surface area contributed by atoms with E-state index in [4.69, 9.17) is 9.15 Å². The second kappa shape index (κ2) is 7.73. The van der Waals surface area contributed by atoms with Crippen LogP contribution < -0.4 is 10.6 Å². The number of urea groups is 1. The van der Waals surface area contributed by atoms with Crippen molar-refractivity contribution >= 4 is 29.5 Å². The van der Waals surface area contributed by atoms with Gasteiger partial charge in [0.2, 0.25) is 0 Å². The van der Waals surface area contributed by atoms with Gasteiger partial charge in [-0.05, 0) is 43.3 Å². The van der Waals surface area contributed by atoms with Crippen LogP contribution in [0.2, 0.25) is 0 Å². The van der Waals surface area contributed by atoms with Crippen molar-refractivity contribution in [3.05, 3.63) is 54.0 Å². The van der Waals surface area contributed by atoms with E-state index < -0.39 is 29.9 Å². The molecule has 1 atom stereocenters. The van der Waals surface area contributed by atoms with Crippen molar-refractivity contribution in [1.82, 2.24) is 10.2 Å². The number of carbonyl (C=O) groups excluding carboxylic acids is 4. The van der Waals surface area contributed by atoms with Gasteiger partial charge in [0.05, 0.1) is 11.8 Å². The predicted octanol–water partition coefficient (Wildman–Crippen LogP) is 1.63. The molecule has 2 aromatic rings. The zero-order valence-corrected chi connectivity index (χ0v) is 14.4. The SMILES string of the molecule is C[C@@H](OC(=O)c1ccc(NC(=O)c2ccco2)cc1)C(=O)N1CCNC1=O. The first-order chi connectivity index (χ1) is 13.0. The van der Waals surface area contributed by atoms with Crippen LogP contribution in [0, 0.1) is 0 Å². The van der Waals surface area contributed by atoms with Crippen molar-refractivity contribution in [2.24, 2.45) is 0 Å². The molecule has 27 heavy (non-hydrogen) atoms. The van der Waals surface area contributed by atoms with E-state index in [2.05, 4.69) is 10.6 Å². The van der Waals surface area contributed by atoms with Crippen LogP contribution in [-0.2, 0) is 9.53 Å². The number of hydrogen-bond donors (Lipinski definition) is 2. The summed E-state index contributed by atoms with van der Waals surface area (Å²) in [6.45, 7) is 2.02. The molecule has 2 N–H and O–H groups in total. The second-order valence-electron chi connectivity index (χ2n) is 5.78. The van der Waals surface area contributed by atoms with Crippen molar-refractivity contribution in [2.75, 3.05) is 18.4 Å². The van der Waals surface area contributed by atoms with E-state index in [-0.39, 0.29) is 17.9 Å². The number of rotatable bonds is 5. The number of furan rings is 1. The molecule has 0 aliphatic carbocycles. The Morgan fingerprint density at radius 2 is 1.96 bits per heavy atom. The number of imide groups is 1. The summed E-state index contributed by atoms with van der Waals surface area (Å²) in [6.07, 6.45) is 0.294. The van der Waals surface area contributed by atoms with E-state index >= 15 is 0 Å². The molecule has 0 radical (unpaired) electrons. The summed E-state index contributed by atoms with van der Waals surface area (Å²) >= 11 is 0. The highest BCUT2D eigenvalue weighted by Crippen LogP contribution is 2.14. The topological polar surface area (TPSA) is 118 Å². The third kappa shape index (κ3) is 4.14. The number of ether oxygens (including phenoxy) is 1. The van der Waals surface area contributed by atoms with Gasteiger partial charge in [-0.2, -0.15) is 0 Å².